The summed E-state index contributed by atoms with van der Waals surface area (Å²) in [5, 5.41) is 2.15. The van der Waals surface area contributed by atoms with Crippen molar-refractivity contribution in [2.45, 2.75) is 53.4 Å². The van der Waals surface area contributed by atoms with Gasteiger partial charge in [0.05, 0.1) is 39.2 Å². The van der Waals surface area contributed by atoms with E-state index in [1.54, 1.807) is 6.07 Å². The van der Waals surface area contributed by atoms with Crippen LogP contribution in [0, 0.1) is 38.1 Å². The van der Waals surface area contributed by atoms with E-state index in [0.717, 1.165) is 94.6 Å². The minimum Gasteiger partial charge on any atom is -0.501 e. The third-order valence-electron chi connectivity index (χ3n) is 15.0. The number of halogens is 1. The number of para-hydroxylation sites is 4. The maximum Gasteiger partial charge on any atom is 3.00 e. The molecule has 4 heterocycles. The van der Waals surface area contributed by atoms with Crippen molar-refractivity contribution in [2.24, 2.45) is 0 Å². The zero-order valence-corrected chi connectivity index (χ0v) is 46.0. The first-order valence-electron chi connectivity index (χ1n) is 26.1. The van der Waals surface area contributed by atoms with E-state index in [2.05, 4.69) is 227 Å². The number of furan rings is 1. The van der Waals surface area contributed by atoms with Gasteiger partial charge in [-0.15, -0.1) is 35.9 Å². The molecule has 1 aliphatic heterocycles. The fraction of sp³-hybridized carbons (Fsp3) is 0.114. The van der Waals surface area contributed by atoms with Crippen LogP contribution in [0.2, 0.25) is 0 Å². The molecule has 14 rings (SSSR count). The molecule has 0 bridgehead atoms. The van der Waals surface area contributed by atoms with Gasteiger partial charge in [-0.2, -0.15) is 6.07 Å². The molecule has 0 amide bonds. The van der Waals surface area contributed by atoms with Gasteiger partial charge in [-0.05, 0) is 117 Å². The largest absolute Gasteiger partial charge is 3.00 e. The predicted molar refractivity (Wildman–Crippen MR) is 308 cm³/mol. The van der Waals surface area contributed by atoms with Gasteiger partial charge in [0.2, 0.25) is 0 Å². The van der Waals surface area contributed by atoms with Crippen LogP contribution in [0.25, 0.3) is 117 Å². The molecule has 0 atom stereocenters. The Labute approximate surface area is 461 Å². The Morgan fingerprint density at radius 2 is 1.16 bits per heavy atom. The van der Waals surface area contributed by atoms with Crippen LogP contribution in [0.3, 0.4) is 0 Å². The van der Waals surface area contributed by atoms with Gasteiger partial charge in [-0.1, -0.05) is 190 Å². The maximum atomic E-state index is 14.3. The number of aryl methyl sites for hydroxylation is 2. The molecule has 0 fully saturated rings. The van der Waals surface area contributed by atoms with Gasteiger partial charge >= 0.3 is 20.1 Å². The first-order valence-corrected chi connectivity index (χ1v) is 26.1. The minimum absolute atomic E-state index is 0. The van der Waals surface area contributed by atoms with E-state index in [1.165, 1.54) is 50.7 Å². The molecule has 3 aromatic heterocycles. The molecular formula is C70H53FIrN4O+. The number of hydrogen-bond acceptors (Lipinski definition) is 2. The van der Waals surface area contributed by atoms with Crippen LogP contribution in [0.4, 0.5) is 4.39 Å². The Hall–Kier alpha value is -8.48. The Kier molecular flexibility index (Phi) is 12.8. The van der Waals surface area contributed by atoms with E-state index in [9.17, 15) is 4.39 Å². The number of rotatable bonds is 7. The van der Waals surface area contributed by atoms with Crippen molar-refractivity contribution in [1.29, 1.82) is 0 Å². The van der Waals surface area contributed by atoms with Gasteiger partial charge in [-0.25, -0.2) is 0 Å². The summed E-state index contributed by atoms with van der Waals surface area (Å²) >= 11 is 0. The second-order valence-corrected chi connectivity index (χ2v) is 20.5. The Morgan fingerprint density at radius 1 is 0.545 bits per heavy atom. The van der Waals surface area contributed by atoms with Crippen molar-refractivity contribution < 1.29 is 33.5 Å². The third kappa shape index (κ3) is 8.42. The molecule has 13 aromatic rings. The molecule has 77 heavy (non-hydrogen) atoms. The van der Waals surface area contributed by atoms with E-state index in [1.807, 2.05) is 34.9 Å². The van der Waals surface area contributed by atoms with Gasteiger partial charge in [-0.3, -0.25) is 13.9 Å². The third-order valence-corrected chi connectivity index (χ3v) is 15.0. The van der Waals surface area contributed by atoms with E-state index in [4.69, 9.17) is 9.40 Å². The van der Waals surface area contributed by atoms with Crippen molar-refractivity contribution in [3.63, 3.8) is 0 Å². The Balaban J connectivity index is 0.000000166. The van der Waals surface area contributed by atoms with Gasteiger partial charge in [0.15, 0.2) is 0 Å². The molecule has 0 radical (unpaired) electrons. The second-order valence-electron chi connectivity index (χ2n) is 20.5. The van der Waals surface area contributed by atoms with E-state index >= 15 is 0 Å². The van der Waals surface area contributed by atoms with Crippen molar-refractivity contribution in [2.75, 3.05) is 0 Å². The average Bonchev–Trinajstić information content (AvgIpc) is 4.36. The zero-order valence-electron chi connectivity index (χ0n) is 43.6. The van der Waals surface area contributed by atoms with Crippen LogP contribution in [0.5, 0.6) is 0 Å². The topological polar surface area (TPSA) is 39.8 Å². The smallest absolute Gasteiger partial charge is 0.501 e. The normalized spacial score (nSPS) is 11.7. The number of hydrogen-bond donors (Lipinski definition) is 0. The predicted octanol–water partition coefficient (Wildman–Crippen LogP) is 17.9. The molecule has 0 spiro atoms. The summed E-state index contributed by atoms with van der Waals surface area (Å²) in [5.41, 5.74) is 23.5. The van der Waals surface area contributed by atoms with Crippen molar-refractivity contribution in [1.82, 2.24) is 14.1 Å². The number of imidazole rings is 2. The standard InChI is InChI=1S/C43H35N2O.C27H18FN2.Ir/c1-27(2)36-24-32(30-16-9-6-10-17-30)25-37(28(3)4)41(36)45-39-21-12-11-20-38(39)44-43(45)35-19-13-18-34-33-23-22-31(26-40(33)46-42(34)35)29-14-7-5-8-15-29;1-17-7-5-8-18(2)26(17)30-16-29-24-14-13-19(28)15-23(24)21-10-4-3-9-20(21)22-11-6-12-25(30)27(22)29;/h5-18,20-28H,1-4H3;3-13,15H,1-2H3;/q2*-1;+3. The van der Waals surface area contributed by atoms with Gasteiger partial charge in [0, 0.05) is 16.9 Å². The summed E-state index contributed by atoms with van der Waals surface area (Å²) in [5.74, 6) is 1.12. The minimum atomic E-state index is -0.291. The van der Waals surface area contributed by atoms with Gasteiger partial charge < -0.3 is 13.6 Å². The van der Waals surface area contributed by atoms with E-state index in [-0.39, 0.29) is 37.8 Å². The van der Waals surface area contributed by atoms with E-state index < -0.39 is 0 Å². The fourth-order valence-corrected chi connectivity index (χ4v) is 11.4. The fourth-order valence-electron chi connectivity index (χ4n) is 11.4. The van der Waals surface area contributed by atoms with Crippen LogP contribution < -0.4 is 4.57 Å². The number of nitrogens with zero attached hydrogens (tertiary/aromatic N) is 4. The van der Waals surface area contributed by atoms with Gasteiger partial charge in [0.1, 0.15) is 5.58 Å². The van der Waals surface area contributed by atoms with Crippen LogP contribution in [-0.4, -0.2) is 14.1 Å². The monoisotopic (exact) mass is 1180 g/mol. The summed E-state index contributed by atoms with van der Waals surface area (Å²) in [4.78, 5) is 5.30. The molecule has 0 N–H and O–H groups in total. The summed E-state index contributed by atoms with van der Waals surface area (Å²) in [6, 6.07) is 75.5. The molecule has 10 aromatic carbocycles. The van der Waals surface area contributed by atoms with E-state index in [0.29, 0.717) is 0 Å². The quantitative estimate of drug-likeness (QED) is 0.118. The molecule has 0 unspecified atom stereocenters. The average molecular weight is 1180 g/mol. The van der Waals surface area contributed by atoms with Crippen LogP contribution in [0.1, 0.15) is 61.8 Å². The van der Waals surface area contributed by atoms with Crippen LogP contribution in [0.15, 0.2) is 205 Å². The van der Waals surface area contributed by atoms with Gasteiger partial charge in [0.25, 0.3) is 6.33 Å². The number of fused-ring (bicyclic) bond motifs is 9. The molecule has 1 aliphatic rings. The summed E-state index contributed by atoms with van der Waals surface area (Å²) in [7, 11) is 0. The number of aromatic nitrogens is 4. The molecule has 374 valence electrons. The maximum absolute atomic E-state index is 14.3. The van der Waals surface area contributed by atoms with Crippen molar-refractivity contribution in [3.05, 3.63) is 247 Å². The van der Waals surface area contributed by atoms with Crippen LogP contribution >= 0.6 is 0 Å². The van der Waals surface area contributed by atoms with Crippen molar-refractivity contribution in [3.8, 4) is 73.0 Å². The molecule has 0 saturated carbocycles. The Morgan fingerprint density at radius 3 is 1.86 bits per heavy atom. The molecule has 0 aliphatic carbocycles. The first-order chi connectivity index (χ1) is 37.1. The van der Waals surface area contributed by atoms with Crippen molar-refractivity contribution >= 4 is 44.0 Å². The number of benzene rings is 10. The summed E-state index contributed by atoms with van der Waals surface area (Å²) < 4.78 is 27.5. The summed E-state index contributed by atoms with van der Waals surface area (Å²) in [6.07, 6.45) is 3.56. The zero-order chi connectivity index (χ0) is 51.8. The summed E-state index contributed by atoms with van der Waals surface area (Å²) in [6.45, 7) is 13.4. The molecular weight excluding hydrogens is 1120 g/mol. The SMILES string of the molecule is CC(C)c1cc(-c2ccccc2)cc(C(C)C)c1-n1c(-c2[c-]ccc3c2oc2cc(-c4ccccc4)ccc23)nc2ccccc21.Cc1cccc(C)c1-n1[c-][n+]2c3c(cccc31)-c1ccccc1-c1cc(F)c[c-]c1-2.[Ir+3]. The van der Waals surface area contributed by atoms with Crippen LogP contribution in [-0.2, 0) is 20.1 Å². The molecule has 0 saturated heterocycles. The Bertz CT molecular complexity index is 4340. The first kappa shape index (κ1) is 49.4. The second kappa shape index (κ2) is 19.9. The molecule has 7 heteroatoms. The molecule has 5 nitrogen and oxygen atoms in total.